The van der Waals surface area contributed by atoms with Gasteiger partial charge in [0, 0.05) is 18.7 Å². The van der Waals surface area contributed by atoms with Gasteiger partial charge in [0.05, 0.1) is 23.4 Å². The number of carbonyl (C=O) groups is 1. The highest BCUT2D eigenvalue weighted by Gasteiger charge is 2.16. The first kappa shape index (κ1) is 14.1. The molecule has 0 amide bonds. The van der Waals surface area contributed by atoms with Crippen molar-refractivity contribution in [1.29, 1.82) is 0 Å². The Morgan fingerprint density at radius 3 is 3.00 bits per heavy atom. The van der Waals surface area contributed by atoms with Gasteiger partial charge in [0.1, 0.15) is 0 Å². The summed E-state index contributed by atoms with van der Waals surface area (Å²) in [5.74, 6) is -0.0248. The van der Waals surface area contributed by atoms with Gasteiger partial charge in [-0.25, -0.2) is 4.79 Å². The maximum atomic E-state index is 11.7. The van der Waals surface area contributed by atoms with Crippen LogP contribution in [0.3, 0.4) is 0 Å². The molecule has 20 heavy (non-hydrogen) atoms. The van der Waals surface area contributed by atoms with E-state index in [0.29, 0.717) is 35.3 Å². The van der Waals surface area contributed by atoms with Crippen molar-refractivity contribution in [3.63, 3.8) is 0 Å². The van der Waals surface area contributed by atoms with Crippen molar-refractivity contribution in [3.8, 4) is 0 Å². The average molecular weight is 297 g/mol. The number of anilines is 2. The van der Waals surface area contributed by atoms with Gasteiger partial charge in [-0.15, -0.1) is 0 Å². The Morgan fingerprint density at radius 2 is 2.35 bits per heavy atom. The molecule has 0 spiro atoms. The number of hydrogen-bond donors (Lipinski definition) is 2. The number of rotatable bonds is 5. The maximum Gasteiger partial charge on any atom is 0.340 e. The van der Waals surface area contributed by atoms with Gasteiger partial charge in [-0.2, -0.15) is 4.98 Å². The first-order valence-corrected chi connectivity index (χ1v) is 6.16. The summed E-state index contributed by atoms with van der Waals surface area (Å²) in [7, 11) is 1.29. The van der Waals surface area contributed by atoms with E-state index in [1.165, 1.54) is 19.5 Å². The van der Waals surface area contributed by atoms with Crippen molar-refractivity contribution in [2.24, 2.45) is 0 Å². The highest BCUT2D eigenvalue weighted by Crippen LogP contribution is 2.29. The molecule has 0 aliphatic carbocycles. The smallest absolute Gasteiger partial charge is 0.340 e. The van der Waals surface area contributed by atoms with Gasteiger partial charge < -0.3 is 20.3 Å². The van der Waals surface area contributed by atoms with Crippen LogP contribution in [0.2, 0.25) is 5.02 Å². The Hall–Kier alpha value is -2.28. The second-order valence-corrected chi connectivity index (χ2v) is 4.34. The van der Waals surface area contributed by atoms with Gasteiger partial charge in [0.25, 0.3) is 0 Å². The summed E-state index contributed by atoms with van der Waals surface area (Å²) < 4.78 is 9.58. The topological polar surface area (TPSA) is 103 Å². The van der Waals surface area contributed by atoms with Gasteiger partial charge in [-0.1, -0.05) is 16.8 Å². The van der Waals surface area contributed by atoms with Crippen molar-refractivity contribution < 1.29 is 14.1 Å². The molecule has 0 saturated carbocycles. The standard InChI is InChI=1S/C12H13ClN4O3/c1-19-12(18)8-4-7(14)5-9(13)11(8)15-3-2-10-16-6-17-20-10/h4-6,15H,2-3,14H2,1H3. The van der Waals surface area contributed by atoms with Crippen LogP contribution in [0.4, 0.5) is 11.4 Å². The minimum absolute atomic E-state index is 0.281. The number of carbonyl (C=O) groups excluding carboxylic acids is 1. The highest BCUT2D eigenvalue weighted by atomic mass is 35.5. The summed E-state index contributed by atoms with van der Waals surface area (Å²) in [6.07, 6.45) is 1.83. The van der Waals surface area contributed by atoms with Gasteiger partial charge in [-0.05, 0) is 12.1 Å². The molecule has 0 atom stereocenters. The molecule has 1 heterocycles. The number of ether oxygens (including phenoxy) is 1. The maximum absolute atomic E-state index is 11.7. The second-order valence-electron chi connectivity index (χ2n) is 3.93. The summed E-state index contributed by atoms with van der Waals surface area (Å²) in [6, 6.07) is 3.07. The molecular formula is C12H13ClN4O3. The Kier molecular flexibility index (Phi) is 4.41. The lowest BCUT2D eigenvalue weighted by molar-refractivity contribution is 0.0602. The minimum Gasteiger partial charge on any atom is -0.465 e. The fourth-order valence-electron chi connectivity index (χ4n) is 1.68. The van der Waals surface area contributed by atoms with E-state index in [0.717, 1.165) is 0 Å². The summed E-state index contributed by atoms with van der Waals surface area (Å²) >= 11 is 6.09. The summed E-state index contributed by atoms with van der Waals surface area (Å²) in [5.41, 5.74) is 6.81. The number of methoxy groups -OCH3 is 1. The SMILES string of the molecule is COC(=O)c1cc(N)cc(Cl)c1NCCc1ncno1. The fraction of sp³-hybridized carbons (Fsp3) is 0.250. The number of hydrogen-bond acceptors (Lipinski definition) is 7. The van der Waals surface area contributed by atoms with Crippen LogP contribution in [0.15, 0.2) is 23.0 Å². The average Bonchev–Trinajstić information content (AvgIpc) is 2.93. The van der Waals surface area contributed by atoms with E-state index < -0.39 is 5.97 Å². The quantitative estimate of drug-likeness (QED) is 0.640. The summed E-state index contributed by atoms with van der Waals surface area (Å²) in [4.78, 5) is 15.6. The molecule has 8 heteroatoms. The number of benzene rings is 1. The van der Waals surface area contributed by atoms with Crippen molar-refractivity contribution >= 4 is 28.9 Å². The monoisotopic (exact) mass is 296 g/mol. The van der Waals surface area contributed by atoms with Crippen molar-refractivity contribution in [3.05, 3.63) is 34.9 Å². The zero-order chi connectivity index (χ0) is 14.5. The Balaban J connectivity index is 2.15. The molecule has 0 radical (unpaired) electrons. The Morgan fingerprint density at radius 1 is 1.55 bits per heavy atom. The van der Waals surface area contributed by atoms with Crippen LogP contribution in [-0.4, -0.2) is 29.8 Å². The minimum atomic E-state index is -0.514. The molecule has 0 saturated heterocycles. The number of esters is 1. The van der Waals surface area contributed by atoms with Crippen LogP contribution < -0.4 is 11.1 Å². The van der Waals surface area contributed by atoms with Crippen molar-refractivity contribution in [2.75, 3.05) is 24.7 Å². The van der Waals surface area contributed by atoms with Crippen LogP contribution in [0.5, 0.6) is 0 Å². The van der Waals surface area contributed by atoms with Crippen LogP contribution in [0.1, 0.15) is 16.2 Å². The third-order valence-electron chi connectivity index (χ3n) is 2.57. The van der Waals surface area contributed by atoms with Gasteiger partial charge in [0.15, 0.2) is 6.33 Å². The first-order chi connectivity index (χ1) is 9.61. The third kappa shape index (κ3) is 3.18. The van der Waals surface area contributed by atoms with E-state index in [9.17, 15) is 4.79 Å². The fourth-order valence-corrected chi connectivity index (χ4v) is 1.97. The molecule has 1 aromatic heterocycles. The van der Waals surface area contributed by atoms with E-state index >= 15 is 0 Å². The molecule has 3 N–H and O–H groups in total. The molecular weight excluding hydrogens is 284 g/mol. The first-order valence-electron chi connectivity index (χ1n) is 5.78. The van der Waals surface area contributed by atoms with E-state index in [-0.39, 0.29) is 5.56 Å². The number of aromatic nitrogens is 2. The predicted molar refractivity (Wildman–Crippen MR) is 73.7 cm³/mol. The lowest BCUT2D eigenvalue weighted by Gasteiger charge is -2.12. The van der Waals surface area contributed by atoms with Crippen molar-refractivity contribution in [1.82, 2.24) is 10.1 Å². The van der Waals surface area contributed by atoms with Gasteiger partial charge in [-0.3, -0.25) is 0 Å². The van der Waals surface area contributed by atoms with E-state index in [2.05, 4.69) is 15.5 Å². The zero-order valence-electron chi connectivity index (χ0n) is 10.7. The molecule has 1 aromatic carbocycles. The van der Waals surface area contributed by atoms with Crippen molar-refractivity contribution in [2.45, 2.75) is 6.42 Å². The molecule has 0 fully saturated rings. The summed E-state index contributed by atoms with van der Waals surface area (Å²) in [5, 5.41) is 6.90. The molecule has 106 valence electrons. The van der Waals surface area contributed by atoms with Gasteiger partial charge >= 0.3 is 5.97 Å². The van der Waals surface area contributed by atoms with E-state index in [1.54, 1.807) is 6.07 Å². The predicted octanol–water partition coefficient (Wildman–Crippen LogP) is 1.75. The van der Waals surface area contributed by atoms with Crippen LogP contribution in [0.25, 0.3) is 0 Å². The largest absolute Gasteiger partial charge is 0.465 e. The van der Waals surface area contributed by atoms with E-state index in [4.69, 9.17) is 26.6 Å². The molecule has 2 aromatic rings. The lowest BCUT2D eigenvalue weighted by Crippen LogP contribution is -2.12. The highest BCUT2D eigenvalue weighted by molar-refractivity contribution is 6.34. The van der Waals surface area contributed by atoms with Crippen LogP contribution in [0, 0.1) is 0 Å². The number of nitrogens with zero attached hydrogens (tertiary/aromatic N) is 2. The molecule has 0 aliphatic rings. The number of halogens is 1. The Labute approximate surface area is 120 Å². The third-order valence-corrected chi connectivity index (χ3v) is 2.86. The lowest BCUT2D eigenvalue weighted by atomic mass is 10.1. The molecule has 0 bridgehead atoms. The van der Waals surface area contributed by atoms with E-state index in [1.807, 2.05) is 0 Å². The second kappa shape index (κ2) is 6.25. The molecule has 0 unspecified atom stereocenters. The number of nitrogens with two attached hydrogens (primary N) is 1. The molecule has 2 rings (SSSR count). The molecule has 0 aliphatic heterocycles. The number of nitrogen functional groups attached to an aromatic ring is 1. The van der Waals surface area contributed by atoms with Crippen LogP contribution in [-0.2, 0) is 11.2 Å². The Bertz CT molecular complexity index is 601. The summed E-state index contributed by atoms with van der Waals surface area (Å²) in [6.45, 7) is 0.468. The zero-order valence-corrected chi connectivity index (χ0v) is 11.5. The number of nitrogens with one attached hydrogen (secondary N) is 1. The van der Waals surface area contributed by atoms with Crippen LogP contribution >= 0.6 is 11.6 Å². The normalized spacial score (nSPS) is 10.3. The van der Waals surface area contributed by atoms with Gasteiger partial charge in [0.2, 0.25) is 5.89 Å². The molecule has 7 nitrogen and oxygen atoms in total.